The number of likely N-dealkylation sites (tertiary alicyclic amines) is 1. The first kappa shape index (κ1) is 27.4. The van der Waals surface area contributed by atoms with Crippen molar-refractivity contribution >= 4 is 40.9 Å². The Morgan fingerprint density at radius 3 is 2.41 bits per heavy atom. The summed E-state index contributed by atoms with van der Waals surface area (Å²) in [5.41, 5.74) is 13.5. The molecular formula is C27H38ClN9O2. The van der Waals surface area contributed by atoms with Crippen LogP contribution >= 0.6 is 11.6 Å². The summed E-state index contributed by atoms with van der Waals surface area (Å²) >= 11 is 5.90. The molecule has 2 amide bonds. The van der Waals surface area contributed by atoms with Gasteiger partial charge in [-0.2, -0.15) is 0 Å². The molecule has 2 aliphatic heterocycles. The molecule has 210 valence electrons. The molecule has 0 bridgehead atoms. The molecule has 3 aliphatic rings. The van der Waals surface area contributed by atoms with Crippen LogP contribution in [0.1, 0.15) is 72.5 Å². The van der Waals surface area contributed by atoms with Gasteiger partial charge in [-0.1, -0.05) is 18.5 Å². The molecule has 0 spiro atoms. The molecule has 2 atom stereocenters. The number of pyridine rings is 1. The fourth-order valence-electron chi connectivity index (χ4n) is 5.82. The van der Waals surface area contributed by atoms with Gasteiger partial charge in [0.05, 0.1) is 11.3 Å². The molecule has 1 saturated carbocycles. The lowest BCUT2D eigenvalue weighted by Gasteiger charge is -2.50. The Hall–Kier alpha value is -3.18. The Bertz CT molecular complexity index is 1250. The van der Waals surface area contributed by atoms with Crippen LogP contribution in [0.3, 0.4) is 0 Å². The van der Waals surface area contributed by atoms with Crippen molar-refractivity contribution in [2.45, 2.75) is 77.0 Å². The standard InChI is InChI=1S/C27H38ClN9O2/c1-4-18-14-36(25-16(3)31-22(24(30)34-25)26(38)32-17-5-6-17)15(2)13-37(18)19-9-11-35(12-10-19)27(39)20-7-8-21(28)33-23(20)29/h7-8,15,17-19H,4-6,9-14H2,1-3H3,(H2,29,33)(H2,30,34)(H,32,38)/t15-,18+/m1/s1. The number of amides is 2. The molecule has 4 heterocycles. The molecule has 0 unspecified atom stereocenters. The normalized spacial score (nSPS) is 22.7. The third-order valence-electron chi connectivity index (χ3n) is 8.17. The van der Waals surface area contributed by atoms with Gasteiger partial charge in [0.25, 0.3) is 11.8 Å². The number of nitrogens with one attached hydrogen (secondary N) is 1. The Labute approximate surface area is 234 Å². The maximum atomic E-state index is 13.1. The largest absolute Gasteiger partial charge is 0.383 e. The van der Waals surface area contributed by atoms with Crippen LogP contribution in [0, 0.1) is 6.92 Å². The van der Waals surface area contributed by atoms with Gasteiger partial charge in [0.2, 0.25) is 0 Å². The molecule has 2 aromatic rings. The first-order valence-electron chi connectivity index (χ1n) is 13.8. The smallest absolute Gasteiger partial charge is 0.273 e. The second-order valence-electron chi connectivity index (χ2n) is 11.0. The number of piperazine rings is 1. The van der Waals surface area contributed by atoms with E-state index in [-0.39, 0.29) is 46.4 Å². The number of carbonyl (C=O) groups excluding carboxylic acids is 2. The van der Waals surface area contributed by atoms with E-state index < -0.39 is 0 Å². The van der Waals surface area contributed by atoms with E-state index in [2.05, 4.69) is 43.9 Å². The van der Waals surface area contributed by atoms with Crippen LogP contribution < -0.4 is 21.7 Å². The minimum absolute atomic E-state index is 0.0961. The summed E-state index contributed by atoms with van der Waals surface area (Å²) in [5.74, 6) is 0.740. The fraction of sp³-hybridized carbons (Fsp3) is 0.593. The van der Waals surface area contributed by atoms with Gasteiger partial charge in [-0.15, -0.1) is 0 Å². The molecule has 1 aliphatic carbocycles. The van der Waals surface area contributed by atoms with Gasteiger partial charge in [-0.25, -0.2) is 15.0 Å². The Balaban J connectivity index is 1.24. The summed E-state index contributed by atoms with van der Waals surface area (Å²) in [6.45, 7) is 9.30. The van der Waals surface area contributed by atoms with E-state index in [0.29, 0.717) is 36.4 Å². The number of nitrogen functional groups attached to an aromatic ring is 2. The van der Waals surface area contributed by atoms with E-state index in [9.17, 15) is 9.59 Å². The number of nitrogens with zero attached hydrogens (tertiary/aromatic N) is 6. The summed E-state index contributed by atoms with van der Waals surface area (Å²) < 4.78 is 0. The van der Waals surface area contributed by atoms with Crippen LogP contribution in [0.2, 0.25) is 5.15 Å². The molecule has 2 aromatic heterocycles. The third-order valence-corrected chi connectivity index (χ3v) is 8.38. The lowest BCUT2D eigenvalue weighted by atomic mass is 9.96. The highest BCUT2D eigenvalue weighted by Gasteiger charge is 2.38. The quantitative estimate of drug-likeness (QED) is 0.457. The SMILES string of the molecule is CC[C@H]1CN(c2nc(N)c(C(=O)NC3CC3)nc2C)[C@H](C)CN1C1CCN(C(=O)c2ccc(Cl)nc2N)CC1. The van der Waals surface area contributed by atoms with Gasteiger partial charge in [0.1, 0.15) is 11.0 Å². The minimum atomic E-state index is -0.249. The number of hydrogen-bond donors (Lipinski definition) is 3. The van der Waals surface area contributed by atoms with Gasteiger partial charge in [-0.3, -0.25) is 14.5 Å². The van der Waals surface area contributed by atoms with Gasteiger partial charge in [0, 0.05) is 50.3 Å². The minimum Gasteiger partial charge on any atom is -0.383 e. The summed E-state index contributed by atoms with van der Waals surface area (Å²) in [6, 6.07) is 4.37. The molecule has 0 radical (unpaired) electrons. The number of halogens is 1. The van der Waals surface area contributed by atoms with E-state index in [0.717, 1.165) is 51.0 Å². The maximum absolute atomic E-state index is 13.1. The van der Waals surface area contributed by atoms with Crippen molar-refractivity contribution in [2.24, 2.45) is 0 Å². The first-order valence-corrected chi connectivity index (χ1v) is 14.2. The average Bonchev–Trinajstić information content (AvgIpc) is 3.73. The van der Waals surface area contributed by atoms with E-state index >= 15 is 0 Å². The highest BCUT2D eigenvalue weighted by Crippen LogP contribution is 2.31. The van der Waals surface area contributed by atoms with Crippen molar-refractivity contribution in [3.63, 3.8) is 0 Å². The molecule has 0 aromatic carbocycles. The van der Waals surface area contributed by atoms with E-state index in [4.69, 9.17) is 23.1 Å². The van der Waals surface area contributed by atoms with Crippen molar-refractivity contribution in [3.05, 3.63) is 34.2 Å². The number of carbonyl (C=O) groups is 2. The van der Waals surface area contributed by atoms with Crippen molar-refractivity contribution < 1.29 is 9.59 Å². The van der Waals surface area contributed by atoms with Crippen molar-refractivity contribution in [1.29, 1.82) is 0 Å². The maximum Gasteiger partial charge on any atom is 0.273 e. The van der Waals surface area contributed by atoms with Crippen LogP contribution in [0.15, 0.2) is 12.1 Å². The van der Waals surface area contributed by atoms with Gasteiger partial charge < -0.3 is 26.6 Å². The summed E-state index contributed by atoms with van der Waals surface area (Å²) in [5, 5.41) is 3.23. The van der Waals surface area contributed by atoms with E-state index in [1.54, 1.807) is 12.1 Å². The molecule has 5 rings (SSSR count). The summed E-state index contributed by atoms with van der Waals surface area (Å²) in [6.07, 6.45) is 4.78. The number of hydrogen-bond acceptors (Lipinski definition) is 9. The third kappa shape index (κ3) is 5.74. The zero-order valence-corrected chi connectivity index (χ0v) is 23.6. The Morgan fingerprint density at radius 1 is 1.05 bits per heavy atom. The number of anilines is 3. The monoisotopic (exact) mass is 555 g/mol. The molecule has 2 saturated heterocycles. The number of nitrogens with two attached hydrogens (primary N) is 2. The topological polar surface area (TPSA) is 147 Å². The highest BCUT2D eigenvalue weighted by atomic mass is 35.5. The average molecular weight is 556 g/mol. The van der Waals surface area contributed by atoms with Crippen LogP contribution in [0.5, 0.6) is 0 Å². The second-order valence-corrected chi connectivity index (χ2v) is 11.4. The van der Waals surface area contributed by atoms with Gasteiger partial charge in [0.15, 0.2) is 17.3 Å². The molecule has 11 nitrogen and oxygen atoms in total. The summed E-state index contributed by atoms with van der Waals surface area (Å²) in [4.78, 5) is 45.6. The van der Waals surface area contributed by atoms with Crippen LogP contribution in [0.4, 0.5) is 17.5 Å². The molecule has 3 fully saturated rings. The Kier molecular flexibility index (Phi) is 7.82. The van der Waals surface area contributed by atoms with Gasteiger partial charge >= 0.3 is 0 Å². The number of aryl methyl sites for hydroxylation is 1. The molecule has 12 heteroatoms. The Morgan fingerprint density at radius 2 is 1.77 bits per heavy atom. The van der Waals surface area contributed by atoms with Crippen molar-refractivity contribution in [3.8, 4) is 0 Å². The van der Waals surface area contributed by atoms with Gasteiger partial charge in [-0.05, 0) is 58.1 Å². The highest BCUT2D eigenvalue weighted by molar-refractivity contribution is 6.29. The lowest BCUT2D eigenvalue weighted by molar-refractivity contribution is 0.0435. The van der Waals surface area contributed by atoms with Crippen molar-refractivity contribution in [2.75, 3.05) is 42.5 Å². The predicted octanol–water partition coefficient (Wildman–Crippen LogP) is 2.48. The predicted molar refractivity (Wildman–Crippen MR) is 152 cm³/mol. The second kappa shape index (κ2) is 11.1. The van der Waals surface area contributed by atoms with Crippen LogP contribution in [-0.4, -0.2) is 86.9 Å². The lowest BCUT2D eigenvalue weighted by Crippen LogP contribution is -2.62. The van der Waals surface area contributed by atoms with E-state index in [1.165, 1.54) is 0 Å². The first-order chi connectivity index (χ1) is 18.7. The number of piperidine rings is 1. The summed E-state index contributed by atoms with van der Waals surface area (Å²) in [7, 11) is 0. The number of aromatic nitrogens is 3. The number of rotatable bonds is 6. The van der Waals surface area contributed by atoms with E-state index in [1.807, 2.05) is 11.8 Å². The zero-order valence-electron chi connectivity index (χ0n) is 22.9. The van der Waals surface area contributed by atoms with Crippen LogP contribution in [0.25, 0.3) is 0 Å². The fourth-order valence-corrected chi connectivity index (χ4v) is 5.97. The van der Waals surface area contributed by atoms with Crippen molar-refractivity contribution in [1.82, 2.24) is 30.1 Å². The molecular weight excluding hydrogens is 518 g/mol. The molecule has 5 N–H and O–H groups in total. The van der Waals surface area contributed by atoms with Crippen LogP contribution in [-0.2, 0) is 0 Å². The molecule has 39 heavy (non-hydrogen) atoms. The zero-order chi connectivity index (χ0) is 27.8.